The van der Waals surface area contributed by atoms with Crippen LogP contribution in [0.25, 0.3) is 16.1 Å². The third-order valence-electron chi connectivity index (χ3n) is 5.14. The first-order valence-corrected chi connectivity index (χ1v) is 12.7. The summed E-state index contributed by atoms with van der Waals surface area (Å²) in [6.07, 6.45) is 3.53. The molecule has 152 valence electrons. The normalized spacial score (nSPS) is 14.6. The van der Waals surface area contributed by atoms with Gasteiger partial charge in [0.1, 0.15) is 33.6 Å². The second-order valence-corrected chi connectivity index (χ2v) is 10.4. The van der Waals surface area contributed by atoms with E-state index in [-0.39, 0.29) is 15.9 Å². The van der Waals surface area contributed by atoms with Crippen LogP contribution in [0.5, 0.6) is 0 Å². The van der Waals surface area contributed by atoms with Crippen LogP contribution in [0.2, 0.25) is 0 Å². The quantitative estimate of drug-likeness (QED) is 0.606. The zero-order valence-electron chi connectivity index (χ0n) is 16.0. The van der Waals surface area contributed by atoms with Crippen LogP contribution in [0.3, 0.4) is 0 Å². The predicted molar refractivity (Wildman–Crippen MR) is 116 cm³/mol. The van der Waals surface area contributed by atoms with Crippen LogP contribution in [-0.4, -0.2) is 36.5 Å². The molecule has 0 spiro atoms. The lowest BCUT2D eigenvalue weighted by Crippen LogP contribution is -2.27. The van der Waals surface area contributed by atoms with Gasteiger partial charge < -0.3 is 0 Å². The molecule has 0 radical (unpaired) electrons. The van der Waals surface area contributed by atoms with Gasteiger partial charge in [-0.05, 0) is 36.8 Å². The number of hydrogen-bond donors (Lipinski definition) is 1. The number of pyridine rings is 1. The molecular weight excluding hydrogens is 438 g/mol. The van der Waals surface area contributed by atoms with Crippen LogP contribution in [0.4, 0.5) is 0 Å². The van der Waals surface area contributed by atoms with E-state index in [1.54, 1.807) is 34.9 Å². The van der Waals surface area contributed by atoms with Gasteiger partial charge in [-0.15, -0.1) is 23.1 Å². The second-order valence-electron chi connectivity index (χ2n) is 6.75. The van der Waals surface area contributed by atoms with Crippen molar-refractivity contribution in [3.05, 3.63) is 46.3 Å². The maximum Gasteiger partial charge on any atom is 0.243 e. The van der Waals surface area contributed by atoms with E-state index in [4.69, 9.17) is 5.41 Å². The lowest BCUT2D eigenvalue weighted by Gasteiger charge is -2.15. The van der Waals surface area contributed by atoms with Crippen LogP contribution in [-0.2, 0) is 10.0 Å². The van der Waals surface area contributed by atoms with Crippen molar-refractivity contribution in [3.8, 4) is 23.4 Å². The summed E-state index contributed by atoms with van der Waals surface area (Å²) in [5.41, 5.74) is 1.90. The standard InChI is InChI=1S/C20H17N5O2S3/c1-28-18-15(10-21)19(23)25-17(12-29-20(25)16(18)11-22)13-4-6-14(7-5-13)30(26,27)24-8-2-3-9-24/h4-7,12,23H,2-3,8-9H2,1H3. The molecule has 1 fully saturated rings. The van der Waals surface area contributed by atoms with Gasteiger partial charge in [-0.25, -0.2) is 8.42 Å². The van der Waals surface area contributed by atoms with E-state index >= 15 is 0 Å². The van der Waals surface area contributed by atoms with E-state index in [1.807, 2.05) is 11.4 Å². The largest absolute Gasteiger partial charge is 0.283 e. The Labute approximate surface area is 182 Å². The molecule has 1 saturated heterocycles. The van der Waals surface area contributed by atoms with Crippen molar-refractivity contribution in [1.29, 1.82) is 15.9 Å². The first-order chi connectivity index (χ1) is 14.4. The van der Waals surface area contributed by atoms with Crippen molar-refractivity contribution < 1.29 is 8.42 Å². The molecule has 0 bridgehead atoms. The summed E-state index contributed by atoms with van der Waals surface area (Å²) in [5, 5.41) is 29.6. The molecule has 3 aromatic rings. The Kier molecular flexibility index (Phi) is 5.43. The third kappa shape index (κ3) is 3.13. The first kappa shape index (κ1) is 20.6. The fraction of sp³-hybridized carbons (Fsp3) is 0.250. The molecule has 0 atom stereocenters. The van der Waals surface area contributed by atoms with Gasteiger partial charge in [-0.2, -0.15) is 14.8 Å². The smallest absolute Gasteiger partial charge is 0.243 e. The number of benzene rings is 1. The van der Waals surface area contributed by atoms with Gasteiger partial charge in [0.2, 0.25) is 10.0 Å². The summed E-state index contributed by atoms with van der Waals surface area (Å²) < 4.78 is 28.6. The number of sulfonamides is 1. The fourth-order valence-corrected chi connectivity index (χ4v) is 6.94. The average Bonchev–Trinajstić information content (AvgIpc) is 3.44. The number of thiazole rings is 1. The number of fused-ring (bicyclic) bond motifs is 1. The van der Waals surface area contributed by atoms with E-state index in [0.29, 0.717) is 39.6 Å². The highest BCUT2D eigenvalue weighted by Gasteiger charge is 2.27. The van der Waals surface area contributed by atoms with Crippen molar-refractivity contribution in [2.24, 2.45) is 0 Å². The van der Waals surface area contributed by atoms with E-state index in [9.17, 15) is 18.9 Å². The second kappa shape index (κ2) is 7.89. The van der Waals surface area contributed by atoms with E-state index in [1.165, 1.54) is 27.4 Å². The number of nitrogens with zero attached hydrogens (tertiary/aromatic N) is 4. The summed E-state index contributed by atoms with van der Waals surface area (Å²) >= 11 is 2.60. The van der Waals surface area contributed by atoms with Gasteiger partial charge in [0.05, 0.1) is 10.6 Å². The molecule has 1 aliphatic rings. The van der Waals surface area contributed by atoms with Crippen molar-refractivity contribution in [2.75, 3.05) is 19.3 Å². The van der Waals surface area contributed by atoms with Crippen molar-refractivity contribution in [3.63, 3.8) is 0 Å². The summed E-state index contributed by atoms with van der Waals surface area (Å²) in [6, 6.07) is 10.8. The molecule has 30 heavy (non-hydrogen) atoms. The van der Waals surface area contributed by atoms with Crippen LogP contribution in [0, 0.1) is 28.1 Å². The zero-order valence-corrected chi connectivity index (χ0v) is 18.5. The number of hydrogen-bond acceptors (Lipinski definition) is 7. The topological polar surface area (TPSA) is 113 Å². The van der Waals surface area contributed by atoms with Crippen LogP contribution >= 0.6 is 23.1 Å². The summed E-state index contributed by atoms with van der Waals surface area (Å²) in [5.74, 6) is 0. The molecular formula is C20H17N5O2S3. The molecule has 10 heteroatoms. The Morgan fingerprint density at radius 2 is 1.73 bits per heavy atom. The maximum absolute atomic E-state index is 12.8. The van der Waals surface area contributed by atoms with Crippen LogP contribution < -0.4 is 5.49 Å². The lowest BCUT2D eigenvalue weighted by molar-refractivity contribution is 0.477. The van der Waals surface area contributed by atoms with Crippen molar-refractivity contribution in [2.45, 2.75) is 22.6 Å². The van der Waals surface area contributed by atoms with E-state index in [0.717, 1.165) is 12.8 Å². The van der Waals surface area contributed by atoms with Crippen LogP contribution in [0.1, 0.15) is 24.0 Å². The van der Waals surface area contributed by atoms with Gasteiger partial charge in [-0.3, -0.25) is 9.81 Å². The minimum Gasteiger partial charge on any atom is -0.283 e. The first-order valence-electron chi connectivity index (χ1n) is 9.13. The Bertz CT molecular complexity index is 1380. The highest BCUT2D eigenvalue weighted by molar-refractivity contribution is 7.98. The van der Waals surface area contributed by atoms with Gasteiger partial charge in [-0.1, -0.05) is 12.1 Å². The minimum atomic E-state index is -3.50. The maximum atomic E-state index is 12.8. The lowest BCUT2D eigenvalue weighted by atomic mass is 10.1. The van der Waals surface area contributed by atoms with Gasteiger partial charge in [0, 0.05) is 23.4 Å². The molecule has 0 unspecified atom stereocenters. The highest BCUT2D eigenvalue weighted by Crippen LogP contribution is 2.33. The monoisotopic (exact) mass is 455 g/mol. The molecule has 1 aliphatic heterocycles. The summed E-state index contributed by atoms with van der Waals surface area (Å²) in [7, 11) is -3.50. The highest BCUT2D eigenvalue weighted by atomic mass is 32.2. The number of nitriles is 2. The molecule has 1 aromatic carbocycles. The molecule has 2 aromatic heterocycles. The van der Waals surface area contributed by atoms with Crippen molar-refractivity contribution >= 4 is 38.0 Å². The van der Waals surface area contributed by atoms with Crippen molar-refractivity contribution in [1.82, 2.24) is 8.71 Å². The molecule has 4 rings (SSSR count). The number of nitrogens with one attached hydrogen (secondary N) is 1. The number of aromatic nitrogens is 1. The van der Waals surface area contributed by atoms with Crippen LogP contribution in [0.15, 0.2) is 39.4 Å². The fourth-order valence-electron chi connectivity index (χ4n) is 3.64. The van der Waals surface area contributed by atoms with E-state index in [2.05, 4.69) is 6.07 Å². The summed E-state index contributed by atoms with van der Waals surface area (Å²) in [6.45, 7) is 1.09. The SMILES string of the molecule is CSc1c(C#N)c(=N)n2c(-c3ccc(S(=O)(=O)N4CCCC4)cc3)csc2c1C#N. The Morgan fingerprint density at radius 1 is 1.10 bits per heavy atom. The predicted octanol–water partition coefficient (Wildman–Crippen LogP) is 3.40. The molecule has 7 nitrogen and oxygen atoms in total. The molecule has 1 N–H and O–H groups in total. The van der Waals surface area contributed by atoms with Gasteiger partial charge in [0.15, 0.2) is 0 Å². The zero-order chi connectivity index (χ0) is 21.5. The average molecular weight is 456 g/mol. The number of thioether (sulfide) groups is 1. The number of rotatable bonds is 4. The Morgan fingerprint density at radius 3 is 2.30 bits per heavy atom. The molecule has 0 saturated carbocycles. The Hall–Kier alpha value is -2.63. The summed E-state index contributed by atoms with van der Waals surface area (Å²) in [4.78, 5) is 1.34. The van der Waals surface area contributed by atoms with Gasteiger partial charge >= 0.3 is 0 Å². The third-order valence-corrected chi connectivity index (χ3v) is 8.82. The van der Waals surface area contributed by atoms with Gasteiger partial charge in [0.25, 0.3) is 0 Å². The molecule has 3 heterocycles. The minimum absolute atomic E-state index is 0.0147. The molecule has 0 aliphatic carbocycles. The Balaban J connectivity index is 1.86. The van der Waals surface area contributed by atoms with E-state index < -0.39 is 10.0 Å². The molecule has 0 amide bonds.